The van der Waals surface area contributed by atoms with Crippen molar-refractivity contribution in [3.8, 4) is 0 Å². The third kappa shape index (κ3) is 1.27. The van der Waals surface area contributed by atoms with Gasteiger partial charge >= 0.3 is 0 Å². The minimum absolute atomic E-state index is 0.366. The summed E-state index contributed by atoms with van der Waals surface area (Å²) < 4.78 is 5.08. The predicted octanol–water partition coefficient (Wildman–Crippen LogP) is 2.55. The van der Waals surface area contributed by atoms with Crippen molar-refractivity contribution in [1.82, 2.24) is 4.37 Å². The van der Waals surface area contributed by atoms with Gasteiger partial charge in [0.15, 0.2) is 0 Å². The Balaban J connectivity index is 2.45. The molecule has 1 aromatic heterocycles. The zero-order valence-electron chi connectivity index (χ0n) is 8.31. The van der Waals surface area contributed by atoms with Crippen molar-refractivity contribution in [2.75, 3.05) is 0 Å². The van der Waals surface area contributed by atoms with Crippen LogP contribution in [0.4, 0.5) is 0 Å². The van der Waals surface area contributed by atoms with E-state index in [1.807, 2.05) is 36.4 Å². The van der Waals surface area contributed by atoms with Crippen molar-refractivity contribution in [3.63, 3.8) is 0 Å². The maximum atomic E-state index is 11.2. The fourth-order valence-electron chi connectivity index (χ4n) is 1.80. The van der Waals surface area contributed by atoms with E-state index in [0.717, 1.165) is 20.9 Å². The van der Waals surface area contributed by atoms with E-state index in [1.165, 1.54) is 11.5 Å². The number of hydrogen-bond acceptors (Lipinski definition) is 3. The van der Waals surface area contributed by atoms with Crippen molar-refractivity contribution in [1.29, 1.82) is 0 Å². The van der Waals surface area contributed by atoms with Gasteiger partial charge in [0, 0.05) is 5.39 Å². The maximum absolute atomic E-state index is 11.2. The van der Waals surface area contributed by atoms with Gasteiger partial charge in [-0.1, -0.05) is 24.3 Å². The van der Waals surface area contributed by atoms with Crippen LogP contribution >= 0.6 is 11.5 Å². The Kier molecular flexibility index (Phi) is 1.91. The molecule has 3 aromatic rings. The fourth-order valence-corrected chi connectivity index (χ4v) is 2.61. The number of carbonyl (C=O) groups is 1. The Bertz CT molecular complexity index is 702. The molecule has 0 aliphatic carbocycles. The van der Waals surface area contributed by atoms with Crippen LogP contribution in [0.25, 0.3) is 20.9 Å². The number of hydrogen-bond donors (Lipinski definition) is 1. The predicted molar refractivity (Wildman–Crippen MR) is 65.6 cm³/mol. The van der Waals surface area contributed by atoms with E-state index in [9.17, 15) is 4.79 Å². The first-order valence-corrected chi connectivity index (χ1v) is 5.61. The number of amides is 1. The number of fused-ring (bicyclic) bond motifs is 2. The van der Waals surface area contributed by atoms with Crippen LogP contribution in [0.3, 0.4) is 0 Å². The van der Waals surface area contributed by atoms with Crippen LogP contribution in [0.1, 0.15) is 10.5 Å². The number of benzene rings is 2. The van der Waals surface area contributed by atoms with Gasteiger partial charge in [0.05, 0.1) is 4.70 Å². The Labute approximate surface area is 95.7 Å². The molecular formula is C12H8N2OS. The van der Waals surface area contributed by atoms with Gasteiger partial charge in [0.2, 0.25) is 0 Å². The lowest BCUT2D eigenvalue weighted by Crippen LogP contribution is -2.11. The second-order valence-corrected chi connectivity index (χ2v) is 4.40. The summed E-state index contributed by atoms with van der Waals surface area (Å²) in [6.45, 7) is 0. The molecule has 0 aliphatic heterocycles. The zero-order chi connectivity index (χ0) is 11.1. The van der Waals surface area contributed by atoms with E-state index in [-0.39, 0.29) is 0 Å². The number of rotatable bonds is 1. The molecule has 0 atom stereocenters. The van der Waals surface area contributed by atoms with E-state index in [1.54, 1.807) is 0 Å². The number of primary amides is 1. The van der Waals surface area contributed by atoms with Crippen LogP contribution in [-0.4, -0.2) is 10.3 Å². The highest BCUT2D eigenvalue weighted by Gasteiger charge is 2.11. The summed E-state index contributed by atoms with van der Waals surface area (Å²) in [6.07, 6.45) is 0. The van der Waals surface area contributed by atoms with E-state index in [4.69, 9.17) is 5.73 Å². The largest absolute Gasteiger partial charge is 0.364 e. The molecule has 3 nitrogen and oxygen atoms in total. The molecule has 0 saturated carbocycles. The minimum atomic E-state index is -0.471. The summed E-state index contributed by atoms with van der Waals surface area (Å²) >= 11 is 1.31. The molecule has 0 radical (unpaired) electrons. The Morgan fingerprint density at radius 1 is 1.19 bits per heavy atom. The summed E-state index contributed by atoms with van der Waals surface area (Å²) in [5.74, 6) is -0.471. The SMILES string of the molecule is NC(=O)c1nsc2cc3ccccc3cc12. The van der Waals surface area contributed by atoms with E-state index in [2.05, 4.69) is 4.37 Å². The molecule has 0 spiro atoms. The van der Waals surface area contributed by atoms with Crippen LogP contribution in [-0.2, 0) is 0 Å². The molecule has 78 valence electrons. The minimum Gasteiger partial charge on any atom is -0.364 e. The monoisotopic (exact) mass is 228 g/mol. The van der Waals surface area contributed by atoms with E-state index >= 15 is 0 Å². The maximum Gasteiger partial charge on any atom is 0.269 e. The van der Waals surface area contributed by atoms with Crippen LogP contribution in [0.15, 0.2) is 36.4 Å². The average Bonchev–Trinajstić information content (AvgIpc) is 2.68. The van der Waals surface area contributed by atoms with Gasteiger partial charge in [-0.15, -0.1) is 0 Å². The topological polar surface area (TPSA) is 56.0 Å². The molecule has 2 N–H and O–H groups in total. The molecule has 0 bridgehead atoms. The quantitative estimate of drug-likeness (QED) is 0.695. The van der Waals surface area contributed by atoms with Gasteiger partial charge in [-0.3, -0.25) is 4.79 Å². The first kappa shape index (κ1) is 9.30. The first-order chi connectivity index (χ1) is 7.75. The number of aromatic nitrogens is 1. The lowest BCUT2D eigenvalue weighted by atomic mass is 10.1. The molecule has 0 aliphatic rings. The lowest BCUT2D eigenvalue weighted by Gasteiger charge is -1.97. The van der Waals surface area contributed by atoms with Crippen LogP contribution in [0, 0.1) is 0 Å². The van der Waals surface area contributed by atoms with E-state index in [0.29, 0.717) is 5.69 Å². The van der Waals surface area contributed by atoms with Crippen molar-refractivity contribution in [3.05, 3.63) is 42.1 Å². The highest BCUT2D eigenvalue weighted by atomic mass is 32.1. The fraction of sp³-hybridized carbons (Fsp3) is 0. The second kappa shape index (κ2) is 3.28. The zero-order valence-corrected chi connectivity index (χ0v) is 9.12. The molecule has 0 saturated heterocycles. The molecule has 0 fully saturated rings. The molecule has 2 aromatic carbocycles. The summed E-state index contributed by atoms with van der Waals surface area (Å²) in [7, 11) is 0. The van der Waals surface area contributed by atoms with Crippen molar-refractivity contribution in [2.45, 2.75) is 0 Å². The van der Waals surface area contributed by atoms with Crippen molar-refractivity contribution < 1.29 is 4.79 Å². The van der Waals surface area contributed by atoms with Crippen LogP contribution in [0.5, 0.6) is 0 Å². The third-order valence-electron chi connectivity index (χ3n) is 2.57. The molecule has 16 heavy (non-hydrogen) atoms. The summed E-state index contributed by atoms with van der Waals surface area (Å²) in [6, 6.07) is 12.0. The number of nitrogens with zero attached hydrogens (tertiary/aromatic N) is 1. The van der Waals surface area contributed by atoms with E-state index < -0.39 is 5.91 Å². The van der Waals surface area contributed by atoms with Gasteiger partial charge < -0.3 is 5.73 Å². The van der Waals surface area contributed by atoms with Crippen molar-refractivity contribution in [2.24, 2.45) is 5.73 Å². The standard InChI is InChI=1S/C12H8N2OS/c13-12(15)11-9-5-7-3-1-2-4-8(7)6-10(9)16-14-11/h1-6H,(H2,13,15). The molecule has 4 heteroatoms. The van der Waals surface area contributed by atoms with Crippen LogP contribution < -0.4 is 5.73 Å². The van der Waals surface area contributed by atoms with Crippen molar-refractivity contribution >= 4 is 38.3 Å². The molecule has 1 amide bonds. The normalized spacial score (nSPS) is 11.0. The molecule has 0 unspecified atom stereocenters. The van der Waals surface area contributed by atoms with Gasteiger partial charge in [-0.2, -0.15) is 4.37 Å². The highest BCUT2D eigenvalue weighted by molar-refractivity contribution is 7.13. The van der Waals surface area contributed by atoms with Gasteiger partial charge in [-0.05, 0) is 34.4 Å². The Hall–Kier alpha value is -1.94. The average molecular weight is 228 g/mol. The summed E-state index contributed by atoms with van der Waals surface area (Å²) in [5.41, 5.74) is 5.64. The number of nitrogens with two attached hydrogens (primary N) is 1. The molecule has 3 rings (SSSR count). The molecular weight excluding hydrogens is 220 g/mol. The number of carbonyl (C=O) groups excluding carboxylic acids is 1. The Morgan fingerprint density at radius 2 is 1.88 bits per heavy atom. The Morgan fingerprint density at radius 3 is 2.56 bits per heavy atom. The van der Waals surface area contributed by atoms with Crippen LogP contribution in [0.2, 0.25) is 0 Å². The van der Waals surface area contributed by atoms with Gasteiger partial charge in [0.25, 0.3) is 5.91 Å². The third-order valence-corrected chi connectivity index (χ3v) is 3.38. The summed E-state index contributed by atoms with van der Waals surface area (Å²) in [4.78, 5) is 11.2. The molecule has 1 heterocycles. The summed E-state index contributed by atoms with van der Waals surface area (Å²) in [5, 5.41) is 3.09. The smallest absolute Gasteiger partial charge is 0.269 e. The first-order valence-electron chi connectivity index (χ1n) is 4.84. The van der Waals surface area contributed by atoms with Gasteiger partial charge in [0.1, 0.15) is 5.69 Å². The highest BCUT2D eigenvalue weighted by Crippen LogP contribution is 2.27. The second-order valence-electron chi connectivity index (χ2n) is 3.59. The lowest BCUT2D eigenvalue weighted by molar-refractivity contribution is 0.0998. The van der Waals surface area contributed by atoms with Gasteiger partial charge in [-0.25, -0.2) is 0 Å².